The van der Waals surface area contributed by atoms with Crippen LogP contribution in [0.1, 0.15) is 32.3 Å². The van der Waals surface area contributed by atoms with E-state index in [2.05, 4.69) is 15.6 Å². The van der Waals surface area contributed by atoms with Crippen LogP contribution in [0.15, 0.2) is 45.4 Å². The van der Waals surface area contributed by atoms with Crippen molar-refractivity contribution in [3.8, 4) is 0 Å². The Morgan fingerprint density at radius 3 is 2.50 bits per heavy atom. The third-order valence-electron chi connectivity index (χ3n) is 4.29. The summed E-state index contributed by atoms with van der Waals surface area (Å²) in [4.78, 5) is 25.2. The number of fused-ring (bicyclic) bond motifs is 1. The highest BCUT2D eigenvalue weighted by atomic mass is 16.6. The number of allylic oxidation sites excluding steroid dienone is 2. The van der Waals surface area contributed by atoms with Crippen LogP contribution in [0, 0.1) is 0 Å². The van der Waals surface area contributed by atoms with Crippen molar-refractivity contribution < 1.29 is 23.7 Å². The molecule has 0 saturated heterocycles. The summed E-state index contributed by atoms with van der Waals surface area (Å²) in [6, 6.07) is 5.29. The number of nitrogens with zero attached hydrogens (tertiary/aromatic N) is 2. The van der Waals surface area contributed by atoms with Crippen LogP contribution in [0.3, 0.4) is 0 Å². The SMILES string of the molecule is CCOC(=O)C1=C(C)NC(C)=C(C(=O)OC)C1c1cccc2nonc12. The maximum Gasteiger partial charge on any atom is 0.336 e. The second-order valence-corrected chi connectivity index (χ2v) is 5.83. The molecule has 8 heteroatoms. The lowest BCUT2D eigenvalue weighted by atomic mass is 9.80. The van der Waals surface area contributed by atoms with E-state index in [4.69, 9.17) is 14.1 Å². The van der Waals surface area contributed by atoms with E-state index < -0.39 is 17.9 Å². The zero-order chi connectivity index (χ0) is 18.8. The molecular formula is C18H19N3O5. The highest BCUT2D eigenvalue weighted by Gasteiger charge is 2.39. The summed E-state index contributed by atoms with van der Waals surface area (Å²) < 4.78 is 15.0. The smallest absolute Gasteiger partial charge is 0.336 e. The van der Waals surface area contributed by atoms with Crippen molar-refractivity contribution in [2.24, 2.45) is 0 Å². The van der Waals surface area contributed by atoms with Gasteiger partial charge in [0.25, 0.3) is 0 Å². The Hall–Kier alpha value is -3.16. The van der Waals surface area contributed by atoms with E-state index in [1.54, 1.807) is 39.0 Å². The minimum atomic E-state index is -0.710. The van der Waals surface area contributed by atoms with Gasteiger partial charge in [0.05, 0.1) is 30.8 Å². The number of aromatic nitrogens is 2. The predicted octanol–water partition coefficient (Wildman–Crippen LogP) is 2.19. The number of hydrogen-bond acceptors (Lipinski definition) is 8. The number of benzene rings is 1. The number of dihydropyridines is 1. The Balaban J connectivity index is 2.27. The second kappa shape index (κ2) is 6.99. The quantitative estimate of drug-likeness (QED) is 0.831. The van der Waals surface area contributed by atoms with Crippen LogP contribution in [0.5, 0.6) is 0 Å². The van der Waals surface area contributed by atoms with Gasteiger partial charge in [0.1, 0.15) is 11.0 Å². The molecule has 1 aromatic heterocycles. The Bertz CT molecular complexity index is 941. The number of esters is 2. The largest absolute Gasteiger partial charge is 0.466 e. The van der Waals surface area contributed by atoms with Crippen LogP contribution in [-0.2, 0) is 19.1 Å². The van der Waals surface area contributed by atoms with Crippen molar-refractivity contribution >= 4 is 23.0 Å². The molecule has 1 N–H and O–H groups in total. The number of nitrogens with one attached hydrogen (secondary N) is 1. The molecule has 1 unspecified atom stereocenters. The van der Waals surface area contributed by atoms with Gasteiger partial charge in [0.15, 0.2) is 0 Å². The van der Waals surface area contributed by atoms with Gasteiger partial charge in [-0.2, -0.15) is 0 Å². The van der Waals surface area contributed by atoms with Crippen LogP contribution >= 0.6 is 0 Å². The summed E-state index contributed by atoms with van der Waals surface area (Å²) in [6.45, 7) is 5.46. The number of carbonyl (C=O) groups excluding carboxylic acids is 2. The summed E-state index contributed by atoms with van der Waals surface area (Å²) in [5.74, 6) is -1.76. The molecule has 1 aliphatic rings. The topological polar surface area (TPSA) is 104 Å². The Morgan fingerprint density at radius 2 is 1.85 bits per heavy atom. The maximum absolute atomic E-state index is 12.7. The Kier molecular flexibility index (Phi) is 4.75. The molecule has 0 spiro atoms. The standard InChI is InChI=1S/C18H19N3O5/c1-5-25-18(23)14-10(3)19-9(2)13(17(22)24-4)15(14)11-7-6-8-12-16(11)21-26-20-12/h6-8,15,19H,5H2,1-4H3. The third-order valence-corrected chi connectivity index (χ3v) is 4.29. The van der Waals surface area contributed by atoms with E-state index >= 15 is 0 Å². The van der Waals surface area contributed by atoms with Gasteiger partial charge in [0.2, 0.25) is 0 Å². The average Bonchev–Trinajstić information content (AvgIpc) is 3.09. The maximum atomic E-state index is 12.7. The highest BCUT2D eigenvalue weighted by molar-refractivity contribution is 6.01. The fourth-order valence-electron chi connectivity index (χ4n) is 3.22. The molecule has 0 fully saturated rings. The summed E-state index contributed by atoms with van der Waals surface area (Å²) in [5.41, 5.74) is 3.47. The van der Waals surface area contributed by atoms with E-state index in [1.165, 1.54) is 7.11 Å². The van der Waals surface area contributed by atoms with Crippen LogP contribution in [-0.4, -0.2) is 36.0 Å². The molecule has 1 aliphatic heterocycles. The number of methoxy groups -OCH3 is 1. The summed E-state index contributed by atoms with van der Waals surface area (Å²) in [5, 5.41) is 10.9. The average molecular weight is 357 g/mol. The molecule has 26 heavy (non-hydrogen) atoms. The predicted molar refractivity (Wildman–Crippen MR) is 91.7 cm³/mol. The molecule has 0 radical (unpaired) electrons. The Labute approximate surface area is 149 Å². The van der Waals surface area contributed by atoms with Gasteiger partial charge in [-0.1, -0.05) is 12.1 Å². The first-order valence-electron chi connectivity index (χ1n) is 8.14. The zero-order valence-electron chi connectivity index (χ0n) is 15.0. The van der Waals surface area contributed by atoms with E-state index in [0.29, 0.717) is 39.1 Å². The number of rotatable bonds is 4. The van der Waals surface area contributed by atoms with E-state index in [9.17, 15) is 9.59 Å². The molecule has 0 amide bonds. The first-order valence-corrected chi connectivity index (χ1v) is 8.14. The minimum Gasteiger partial charge on any atom is -0.466 e. The number of carbonyl (C=O) groups is 2. The highest BCUT2D eigenvalue weighted by Crippen LogP contribution is 2.41. The molecule has 136 valence electrons. The monoisotopic (exact) mass is 357 g/mol. The van der Waals surface area contributed by atoms with Gasteiger partial charge in [-0.05, 0) is 42.7 Å². The molecule has 8 nitrogen and oxygen atoms in total. The van der Waals surface area contributed by atoms with E-state index in [0.717, 1.165) is 0 Å². The molecule has 2 heterocycles. The van der Waals surface area contributed by atoms with Crippen LogP contribution in [0.2, 0.25) is 0 Å². The second-order valence-electron chi connectivity index (χ2n) is 5.83. The van der Waals surface area contributed by atoms with Gasteiger partial charge in [0, 0.05) is 11.4 Å². The van der Waals surface area contributed by atoms with Gasteiger partial charge >= 0.3 is 11.9 Å². The van der Waals surface area contributed by atoms with E-state index in [1.807, 2.05) is 0 Å². The van der Waals surface area contributed by atoms with Gasteiger partial charge in [-0.25, -0.2) is 14.2 Å². The van der Waals surface area contributed by atoms with Crippen molar-refractivity contribution in [3.63, 3.8) is 0 Å². The zero-order valence-corrected chi connectivity index (χ0v) is 15.0. The fourth-order valence-corrected chi connectivity index (χ4v) is 3.22. The molecule has 0 bridgehead atoms. The normalized spacial score (nSPS) is 17.3. The van der Waals surface area contributed by atoms with Crippen LogP contribution in [0.25, 0.3) is 11.0 Å². The Morgan fingerprint density at radius 1 is 1.15 bits per heavy atom. The van der Waals surface area contributed by atoms with Crippen molar-refractivity contribution in [2.45, 2.75) is 26.7 Å². The third kappa shape index (κ3) is 2.83. The van der Waals surface area contributed by atoms with Crippen molar-refractivity contribution in [2.75, 3.05) is 13.7 Å². The molecule has 0 aliphatic carbocycles. The van der Waals surface area contributed by atoms with Crippen LogP contribution in [0.4, 0.5) is 0 Å². The number of hydrogen-bond donors (Lipinski definition) is 1. The summed E-state index contributed by atoms with van der Waals surface area (Å²) >= 11 is 0. The van der Waals surface area contributed by atoms with Gasteiger partial charge in [-0.3, -0.25) is 0 Å². The summed E-state index contributed by atoms with van der Waals surface area (Å²) in [7, 11) is 1.30. The van der Waals surface area contributed by atoms with Crippen molar-refractivity contribution in [1.82, 2.24) is 15.6 Å². The molecular weight excluding hydrogens is 338 g/mol. The first kappa shape index (κ1) is 17.7. The molecule has 3 rings (SSSR count). The van der Waals surface area contributed by atoms with Crippen molar-refractivity contribution in [3.05, 3.63) is 46.3 Å². The molecule has 0 saturated carbocycles. The molecule has 2 aromatic rings. The lowest BCUT2D eigenvalue weighted by Crippen LogP contribution is -2.32. The van der Waals surface area contributed by atoms with Gasteiger partial charge in [-0.15, -0.1) is 0 Å². The van der Waals surface area contributed by atoms with Crippen molar-refractivity contribution in [1.29, 1.82) is 0 Å². The van der Waals surface area contributed by atoms with E-state index in [-0.39, 0.29) is 6.61 Å². The lowest BCUT2D eigenvalue weighted by molar-refractivity contribution is -0.139. The fraction of sp³-hybridized carbons (Fsp3) is 0.333. The number of ether oxygens (including phenoxy) is 2. The molecule has 1 atom stereocenters. The lowest BCUT2D eigenvalue weighted by Gasteiger charge is -2.30. The summed E-state index contributed by atoms with van der Waals surface area (Å²) in [6.07, 6.45) is 0. The van der Waals surface area contributed by atoms with Crippen LogP contribution < -0.4 is 5.32 Å². The first-order chi connectivity index (χ1) is 12.5. The molecule has 1 aromatic carbocycles. The van der Waals surface area contributed by atoms with Gasteiger partial charge < -0.3 is 14.8 Å². The minimum absolute atomic E-state index is 0.217.